The van der Waals surface area contributed by atoms with Crippen molar-refractivity contribution in [1.29, 1.82) is 5.26 Å². The summed E-state index contributed by atoms with van der Waals surface area (Å²) >= 11 is 0. The van der Waals surface area contributed by atoms with Crippen LogP contribution in [0.4, 0.5) is 4.79 Å². The first-order valence-electron chi connectivity index (χ1n) is 17.6. The average molecular weight is 733 g/mol. The summed E-state index contributed by atoms with van der Waals surface area (Å²) in [6.07, 6.45) is -1.19. The van der Waals surface area contributed by atoms with Crippen molar-refractivity contribution in [2.24, 2.45) is 0 Å². The lowest BCUT2D eigenvalue weighted by Gasteiger charge is -2.39. The molecule has 0 radical (unpaired) electrons. The van der Waals surface area contributed by atoms with Gasteiger partial charge in [0.15, 0.2) is 0 Å². The summed E-state index contributed by atoms with van der Waals surface area (Å²) in [5.41, 5.74) is 1.49. The molecule has 3 aromatic carbocycles. The molecular weight excluding hydrogens is 683 g/mol. The monoisotopic (exact) mass is 732 g/mol. The Bertz CT molecular complexity index is 1600. The van der Waals surface area contributed by atoms with Crippen molar-refractivity contribution in [3.8, 4) is 17.6 Å². The van der Waals surface area contributed by atoms with E-state index >= 15 is 0 Å². The van der Waals surface area contributed by atoms with Gasteiger partial charge in [0.2, 0.25) is 5.91 Å². The largest absolute Gasteiger partial charge is 0.497 e. The van der Waals surface area contributed by atoms with Gasteiger partial charge in [-0.2, -0.15) is 5.26 Å². The number of nitrogens with one attached hydrogen (secondary N) is 1. The quantitative estimate of drug-likeness (QED) is 0.0906. The van der Waals surface area contributed by atoms with Gasteiger partial charge in [0.05, 0.1) is 46.0 Å². The molecule has 0 spiro atoms. The van der Waals surface area contributed by atoms with Gasteiger partial charge in [-0.3, -0.25) is 15.0 Å². The maximum Gasteiger partial charge on any atom is 0.326 e. The van der Waals surface area contributed by atoms with Gasteiger partial charge in [0, 0.05) is 31.5 Å². The summed E-state index contributed by atoms with van der Waals surface area (Å²) in [7, 11) is 1.62. The molecule has 12 nitrogen and oxygen atoms in total. The number of methoxy groups -OCH3 is 2. The molecule has 2 aliphatic heterocycles. The van der Waals surface area contributed by atoms with Gasteiger partial charge in [-0.05, 0) is 68.7 Å². The minimum atomic E-state index is -1.64. The Labute approximate surface area is 307 Å². The molecule has 3 amide bonds. The predicted molar refractivity (Wildman–Crippen MR) is 196 cm³/mol. The molecule has 0 bridgehead atoms. The molecule has 52 heavy (non-hydrogen) atoms. The van der Waals surface area contributed by atoms with Crippen LogP contribution >= 0.6 is 8.53 Å². The number of amides is 3. The van der Waals surface area contributed by atoms with E-state index in [9.17, 15) is 14.9 Å². The van der Waals surface area contributed by atoms with Gasteiger partial charge in [-0.15, -0.1) is 0 Å². The van der Waals surface area contributed by atoms with Crippen LogP contribution in [0.25, 0.3) is 0 Å². The van der Waals surface area contributed by atoms with Crippen molar-refractivity contribution in [2.75, 3.05) is 34.0 Å². The van der Waals surface area contributed by atoms with Crippen molar-refractivity contribution in [1.82, 2.24) is 14.9 Å². The van der Waals surface area contributed by atoms with E-state index in [1.54, 1.807) is 14.2 Å². The molecule has 1 unspecified atom stereocenters. The molecular formula is C39H49N4O8P. The topological polar surface area (TPSA) is 132 Å². The minimum absolute atomic E-state index is 0.0627. The van der Waals surface area contributed by atoms with Crippen molar-refractivity contribution in [2.45, 2.75) is 83.1 Å². The van der Waals surface area contributed by atoms with Crippen LogP contribution in [-0.2, 0) is 28.9 Å². The molecule has 0 aromatic heterocycles. The minimum Gasteiger partial charge on any atom is -0.497 e. The van der Waals surface area contributed by atoms with Crippen LogP contribution in [0.2, 0.25) is 0 Å². The third kappa shape index (κ3) is 8.92. The van der Waals surface area contributed by atoms with E-state index in [4.69, 9.17) is 28.0 Å². The van der Waals surface area contributed by atoms with Crippen LogP contribution in [0, 0.1) is 11.3 Å². The Morgan fingerprint density at radius 1 is 0.923 bits per heavy atom. The number of urea groups is 1. The number of ether oxygens (including phenoxy) is 4. The van der Waals surface area contributed by atoms with Crippen LogP contribution < -0.4 is 14.8 Å². The second kappa shape index (κ2) is 18.1. The van der Waals surface area contributed by atoms with Crippen LogP contribution in [0.3, 0.4) is 0 Å². The van der Waals surface area contributed by atoms with Crippen molar-refractivity contribution < 1.29 is 37.6 Å². The van der Waals surface area contributed by atoms with Crippen LogP contribution in [-0.4, -0.2) is 86.0 Å². The summed E-state index contributed by atoms with van der Waals surface area (Å²) in [6.45, 7) is 8.80. The zero-order valence-corrected chi connectivity index (χ0v) is 31.6. The molecule has 0 aliphatic carbocycles. The molecule has 4 atom stereocenters. The zero-order valence-electron chi connectivity index (χ0n) is 30.7. The zero-order chi connectivity index (χ0) is 37.3. The van der Waals surface area contributed by atoms with Crippen molar-refractivity contribution >= 4 is 20.5 Å². The first-order chi connectivity index (χ1) is 25.1. The van der Waals surface area contributed by atoms with Gasteiger partial charge in [-0.1, -0.05) is 54.6 Å². The fraction of sp³-hybridized carbons (Fsp3) is 0.462. The summed E-state index contributed by atoms with van der Waals surface area (Å²) in [4.78, 5) is 26.6. The Kier molecular flexibility index (Phi) is 13.6. The smallest absolute Gasteiger partial charge is 0.326 e. The predicted octanol–water partition coefficient (Wildman–Crippen LogP) is 6.73. The summed E-state index contributed by atoms with van der Waals surface area (Å²) < 4.78 is 40.2. The summed E-state index contributed by atoms with van der Waals surface area (Å²) in [5, 5.41) is 11.7. The third-order valence-electron chi connectivity index (χ3n) is 9.14. The van der Waals surface area contributed by atoms with E-state index in [-0.39, 0.29) is 50.6 Å². The van der Waals surface area contributed by atoms with Gasteiger partial charge in [0.1, 0.15) is 29.4 Å². The summed E-state index contributed by atoms with van der Waals surface area (Å²) in [6, 6.07) is 27.4. The molecule has 1 N–H and O–H groups in total. The van der Waals surface area contributed by atoms with Gasteiger partial charge in [0.25, 0.3) is 8.53 Å². The third-order valence-corrected chi connectivity index (χ3v) is 11.3. The molecule has 2 aliphatic rings. The average Bonchev–Trinajstić information content (AvgIpc) is 3.54. The van der Waals surface area contributed by atoms with E-state index < -0.39 is 38.6 Å². The molecule has 2 heterocycles. The second-order valence-corrected chi connectivity index (χ2v) is 14.6. The SMILES string of the molecule is COc1ccc(C(OC[C@H]2O[C@@H](N3CCC(=O)NC3=O)C[C@@H]2OP(OCCC#N)N(C(C)C)C(C)C)(c2ccccc2)c2ccc(OC)cc2)cc1. The highest BCUT2D eigenvalue weighted by Gasteiger charge is 2.47. The Morgan fingerprint density at radius 2 is 1.50 bits per heavy atom. The Morgan fingerprint density at radius 3 is 2.02 bits per heavy atom. The number of hydrogen-bond donors (Lipinski definition) is 1. The van der Waals surface area contributed by atoms with E-state index in [0.717, 1.165) is 16.7 Å². The maximum absolute atomic E-state index is 13.0. The number of nitrogens with zero attached hydrogens (tertiary/aromatic N) is 3. The van der Waals surface area contributed by atoms with Gasteiger partial charge >= 0.3 is 6.03 Å². The number of carbonyl (C=O) groups excluding carboxylic acids is 2. The van der Waals surface area contributed by atoms with Crippen LogP contribution in [0.15, 0.2) is 78.9 Å². The van der Waals surface area contributed by atoms with E-state index in [2.05, 4.69) is 43.8 Å². The van der Waals surface area contributed by atoms with Gasteiger partial charge < -0.3 is 28.0 Å². The van der Waals surface area contributed by atoms with Gasteiger partial charge in [-0.25, -0.2) is 9.46 Å². The normalized spacial score (nSPS) is 19.9. The lowest BCUT2D eigenvalue weighted by Crippen LogP contribution is -2.53. The second-order valence-electron chi connectivity index (χ2n) is 13.2. The highest BCUT2D eigenvalue weighted by molar-refractivity contribution is 7.44. The highest BCUT2D eigenvalue weighted by Crippen LogP contribution is 2.50. The fourth-order valence-corrected chi connectivity index (χ4v) is 8.46. The maximum atomic E-state index is 13.0. The van der Waals surface area contributed by atoms with Crippen molar-refractivity contribution in [3.63, 3.8) is 0 Å². The number of hydrogen-bond acceptors (Lipinski definition) is 10. The van der Waals surface area contributed by atoms with Crippen LogP contribution in [0.5, 0.6) is 11.5 Å². The lowest BCUT2D eigenvalue weighted by molar-refractivity contribution is -0.125. The number of carbonyl (C=O) groups is 2. The first-order valence-corrected chi connectivity index (χ1v) is 18.7. The Balaban J connectivity index is 1.56. The fourth-order valence-electron chi connectivity index (χ4n) is 6.70. The molecule has 13 heteroatoms. The Hall–Kier alpha value is -4.08. The van der Waals surface area contributed by atoms with E-state index in [1.165, 1.54) is 4.90 Å². The molecule has 2 saturated heterocycles. The summed E-state index contributed by atoms with van der Waals surface area (Å²) in [5.74, 6) is 1.09. The first kappa shape index (κ1) is 39.1. The molecule has 3 aromatic rings. The number of benzene rings is 3. The highest BCUT2D eigenvalue weighted by atomic mass is 31.2. The molecule has 0 saturated carbocycles. The molecule has 278 valence electrons. The molecule has 2 fully saturated rings. The lowest BCUT2D eigenvalue weighted by atomic mass is 9.80. The number of imide groups is 1. The van der Waals surface area contributed by atoms with E-state index in [1.807, 2.05) is 78.9 Å². The molecule has 5 rings (SSSR count). The van der Waals surface area contributed by atoms with E-state index in [0.29, 0.717) is 17.9 Å². The number of nitriles is 1. The number of rotatable bonds is 17. The van der Waals surface area contributed by atoms with Crippen LogP contribution in [0.1, 0.15) is 63.6 Å². The standard InChI is InChI=1S/C39H49N4O8P/c1-27(2)43(28(3)4)52(49-24-10-22-40)51-34-25-37(42-23-21-36(44)41-38(42)45)50-35(34)26-48-39(29-11-8-7-9-12-29,30-13-17-32(46-5)18-14-30)31-15-19-33(47-6)20-16-31/h7-9,11-20,27-28,34-35,37H,10,21,23-26H2,1-6H3,(H,41,44,45)/t34-,35+,37+,52?/m0/s1. The van der Waals surface area contributed by atoms with Crippen molar-refractivity contribution in [3.05, 3.63) is 95.6 Å².